The molecule has 0 fully saturated rings. The molecule has 2 rings (SSSR count). The van der Waals surface area contributed by atoms with Crippen LogP contribution in [-0.2, 0) is 7.05 Å². The largest absolute Gasteiger partial charge is 0.381 e. The lowest BCUT2D eigenvalue weighted by atomic mass is 10.1. The molecule has 0 spiro atoms. The fourth-order valence-corrected chi connectivity index (χ4v) is 1.70. The van der Waals surface area contributed by atoms with Crippen molar-refractivity contribution in [1.29, 1.82) is 0 Å². The van der Waals surface area contributed by atoms with Crippen LogP contribution < -0.4 is 5.73 Å². The molecule has 72 valence electrons. The van der Waals surface area contributed by atoms with Crippen molar-refractivity contribution < 1.29 is 0 Å². The molecule has 0 atom stereocenters. The summed E-state index contributed by atoms with van der Waals surface area (Å²) in [4.78, 5) is 0. The Kier molecular flexibility index (Phi) is 2.17. The number of aryl methyl sites for hydroxylation is 1. The van der Waals surface area contributed by atoms with E-state index in [0.29, 0.717) is 10.8 Å². The van der Waals surface area contributed by atoms with Crippen LogP contribution in [0.2, 0.25) is 5.02 Å². The number of hydrogen-bond donors (Lipinski definition) is 1. The van der Waals surface area contributed by atoms with Crippen LogP contribution in [0.3, 0.4) is 0 Å². The van der Waals surface area contributed by atoms with E-state index in [0.717, 1.165) is 11.3 Å². The highest BCUT2D eigenvalue weighted by atomic mass is 35.5. The van der Waals surface area contributed by atoms with Gasteiger partial charge < -0.3 is 5.73 Å². The van der Waals surface area contributed by atoms with Gasteiger partial charge in [-0.1, -0.05) is 41.9 Å². The standard InChI is InChI=1S/C10H10ClN3/c1-14-9(8(11)10(12)13-14)7-5-3-2-4-6-7/h2-6H,1H3,(H2,12,13). The summed E-state index contributed by atoms with van der Waals surface area (Å²) >= 11 is 6.04. The highest BCUT2D eigenvalue weighted by molar-refractivity contribution is 6.35. The van der Waals surface area contributed by atoms with E-state index in [2.05, 4.69) is 5.10 Å². The van der Waals surface area contributed by atoms with Crippen LogP contribution in [-0.4, -0.2) is 9.78 Å². The van der Waals surface area contributed by atoms with E-state index in [1.54, 1.807) is 4.68 Å². The molecule has 0 unspecified atom stereocenters. The Bertz CT molecular complexity index is 448. The van der Waals surface area contributed by atoms with Gasteiger partial charge in [-0.15, -0.1) is 0 Å². The molecule has 2 aromatic rings. The first kappa shape index (κ1) is 9.09. The Labute approximate surface area is 87.1 Å². The number of aromatic nitrogens is 2. The lowest BCUT2D eigenvalue weighted by Gasteiger charge is -2.01. The van der Waals surface area contributed by atoms with Crippen molar-refractivity contribution in [2.45, 2.75) is 0 Å². The number of nitrogens with zero attached hydrogens (tertiary/aromatic N) is 2. The van der Waals surface area contributed by atoms with Crippen molar-refractivity contribution in [2.75, 3.05) is 5.73 Å². The van der Waals surface area contributed by atoms with Crippen molar-refractivity contribution in [3.05, 3.63) is 35.4 Å². The van der Waals surface area contributed by atoms with Gasteiger partial charge in [0.2, 0.25) is 0 Å². The zero-order valence-electron chi connectivity index (χ0n) is 7.74. The molecule has 1 aromatic heterocycles. The van der Waals surface area contributed by atoms with Crippen LogP contribution in [0.25, 0.3) is 11.3 Å². The van der Waals surface area contributed by atoms with Gasteiger partial charge in [0.1, 0.15) is 5.02 Å². The van der Waals surface area contributed by atoms with E-state index in [1.165, 1.54) is 0 Å². The SMILES string of the molecule is Cn1nc(N)c(Cl)c1-c1ccccc1. The molecule has 1 heterocycles. The third-order valence-corrected chi connectivity index (χ3v) is 2.43. The molecule has 0 radical (unpaired) electrons. The molecular formula is C10H10ClN3. The first-order chi connectivity index (χ1) is 6.70. The topological polar surface area (TPSA) is 43.8 Å². The number of halogens is 1. The van der Waals surface area contributed by atoms with E-state index in [1.807, 2.05) is 37.4 Å². The zero-order valence-corrected chi connectivity index (χ0v) is 8.49. The Morgan fingerprint density at radius 2 is 1.93 bits per heavy atom. The minimum atomic E-state index is 0.369. The number of rotatable bonds is 1. The van der Waals surface area contributed by atoms with E-state index in [9.17, 15) is 0 Å². The van der Waals surface area contributed by atoms with Crippen LogP contribution in [0.5, 0.6) is 0 Å². The lowest BCUT2D eigenvalue weighted by Crippen LogP contribution is -1.94. The quantitative estimate of drug-likeness (QED) is 0.780. The van der Waals surface area contributed by atoms with E-state index in [-0.39, 0.29) is 0 Å². The molecule has 3 nitrogen and oxygen atoms in total. The van der Waals surface area contributed by atoms with Crippen LogP contribution in [0.1, 0.15) is 0 Å². The number of nitrogens with two attached hydrogens (primary N) is 1. The lowest BCUT2D eigenvalue weighted by molar-refractivity contribution is 0.780. The van der Waals surface area contributed by atoms with Crippen molar-refractivity contribution in [3.8, 4) is 11.3 Å². The van der Waals surface area contributed by atoms with Crippen LogP contribution >= 0.6 is 11.6 Å². The van der Waals surface area contributed by atoms with Gasteiger partial charge >= 0.3 is 0 Å². The monoisotopic (exact) mass is 207 g/mol. The highest BCUT2D eigenvalue weighted by Crippen LogP contribution is 2.31. The second-order valence-electron chi connectivity index (χ2n) is 3.04. The molecule has 0 aliphatic carbocycles. The smallest absolute Gasteiger partial charge is 0.164 e. The summed E-state index contributed by atoms with van der Waals surface area (Å²) in [6.07, 6.45) is 0. The fourth-order valence-electron chi connectivity index (χ4n) is 1.43. The first-order valence-corrected chi connectivity index (χ1v) is 4.61. The van der Waals surface area contributed by atoms with E-state index >= 15 is 0 Å². The van der Waals surface area contributed by atoms with E-state index in [4.69, 9.17) is 17.3 Å². The number of nitrogen functional groups attached to an aromatic ring is 1. The van der Waals surface area contributed by atoms with Gasteiger partial charge in [0.05, 0.1) is 5.69 Å². The third kappa shape index (κ3) is 1.36. The predicted octanol–water partition coefficient (Wildman–Crippen LogP) is 2.32. The van der Waals surface area contributed by atoms with Crippen LogP contribution in [0.15, 0.2) is 30.3 Å². The summed E-state index contributed by atoms with van der Waals surface area (Å²) in [6.45, 7) is 0. The van der Waals surface area contributed by atoms with E-state index < -0.39 is 0 Å². The molecule has 1 aromatic carbocycles. The average Bonchev–Trinajstić information content (AvgIpc) is 2.43. The Balaban J connectivity index is 2.62. The van der Waals surface area contributed by atoms with Gasteiger partial charge in [0, 0.05) is 12.6 Å². The summed E-state index contributed by atoms with van der Waals surface area (Å²) in [5, 5.41) is 4.56. The maximum absolute atomic E-state index is 6.04. The Morgan fingerprint density at radius 1 is 1.29 bits per heavy atom. The molecule has 2 N–H and O–H groups in total. The van der Waals surface area contributed by atoms with Crippen molar-refractivity contribution >= 4 is 17.4 Å². The van der Waals surface area contributed by atoms with Crippen molar-refractivity contribution in [2.24, 2.45) is 7.05 Å². The van der Waals surface area contributed by atoms with Crippen molar-refractivity contribution in [1.82, 2.24) is 9.78 Å². The zero-order chi connectivity index (χ0) is 10.1. The Morgan fingerprint density at radius 3 is 2.43 bits per heavy atom. The molecule has 0 aliphatic rings. The van der Waals surface area contributed by atoms with Gasteiger partial charge in [0.15, 0.2) is 5.82 Å². The molecule has 0 aliphatic heterocycles. The number of anilines is 1. The molecule has 4 heteroatoms. The van der Waals surface area contributed by atoms with Gasteiger partial charge in [0.25, 0.3) is 0 Å². The molecule has 14 heavy (non-hydrogen) atoms. The molecular weight excluding hydrogens is 198 g/mol. The minimum absolute atomic E-state index is 0.369. The first-order valence-electron chi connectivity index (χ1n) is 4.23. The van der Waals surface area contributed by atoms with Gasteiger partial charge in [-0.3, -0.25) is 4.68 Å². The normalized spacial score (nSPS) is 10.4. The summed E-state index contributed by atoms with van der Waals surface area (Å²) in [5.41, 5.74) is 7.48. The molecule has 0 bridgehead atoms. The fraction of sp³-hybridized carbons (Fsp3) is 0.100. The summed E-state index contributed by atoms with van der Waals surface area (Å²) < 4.78 is 1.69. The second kappa shape index (κ2) is 3.35. The number of hydrogen-bond acceptors (Lipinski definition) is 2. The average molecular weight is 208 g/mol. The van der Waals surface area contributed by atoms with Gasteiger partial charge in [-0.2, -0.15) is 5.10 Å². The Hall–Kier alpha value is -1.48. The maximum Gasteiger partial charge on any atom is 0.164 e. The summed E-state index contributed by atoms with van der Waals surface area (Å²) in [6, 6.07) is 9.81. The predicted molar refractivity (Wildman–Crippen MR) is 58.1 cm³/mol. The van der Waals surface area contributed by atoms with Gasteiger partial charge in [-0.25, -0.2) is 0 Å². The van der Waals surface area contributed by atoms with Crippen LogP contribution in [0.4, 0.5) is 5.82 Å². The summed E-state index contributed by atoms with van der Waals surface area (Å²) in [5.74, 6) is 0.369. The minimum Gasteiger partial charge on any atom is -0.381 e. The van der Waals surface area contributed by atoms with Crippen LogP contribution in [0, 0.1) is 0 Å². The third-order valence-electron chi connectivity index (χ3n) is 2.06. The number of benzene rings is 1. The van der Waals surface area contributed by atoms with Gasteiger partial charge in [-0.05, 0) is 0 Å². The highest BCUT2D eigenvalue weighted by Gasteiger charge is 2.12. The summed E-state index contributed by atoms with van der Waals surface area (Å²) in [7, 11) is 1.82. The van der Waals surface area contributed by atoms with Crippen molar-refractivity contribution in [3.63, 3.8) is 0 Å². The maximum atomic E-state index is 6.04. The molecule has 0 saturated heterocycles. The molecule has 0 amide bonds. The second-order valence-corrected chi connectivity index (χ2v) is 3.42. The molecule has 0 saturated carbocycles.